The average molecular weight is 305 g/mol. The molecule has 0 saturated heterocycles. The number of aliphatic carboxylic acids is 1. The Morgan fingerprint density at radius 1 is 1.23 bits per heavy atom. The molecule has 1 atom stereocenters. The maximum atomic E-state index is 12.8. The van der Waals surface area contributed by atoms with Crippen LogP contribution in [0.2, 0.25) is 0 Å². The summed E-state index contributed by atoms with van der Waals surface area (Å²) in [5.74, 6) is -0.597. The summed E-state index contributed by atoms with van der Waals surface area (Å²) >= 11 is 0. The van der Waals surface area contributed by atoms with Crippen LogP contribution < -0.4 is 15.2 Å². The summed E-state index contributed by atoms with van der Waals surface area (Å²) in [6, 6.07) is 9.52. The summed E-state index contributed by atoms with van der Waals surface area (Å²) < 4.78 is 23.6. The lowest BCUT2D eigenvalue weighted by molar-refractivity contribution is -0.138. The van der Waals surface area contributed by atoms with Gasteiger partial charge in [0.15, 0.2) is 11.5 Å². The minimum absolute atomic E-state index is 0.237. The molecule has 2 aromatic rings. The van der Waals surface area contributed by atoms with E-state index in [-0.39, 0.29) is 12.4 Å². The van der Waals surface area contributed by atoms with Gasteiger partial charge in [0.1, 0.15) is 18.5 Å². The van der Waals surface area contributed by atoms with Gasteiger partial charge in [0.25, 0.3) is 0 Å². The van der Waals surface area contributed by atoms with E-state index in [0.717, 1.165) is 5.56 Å². The second kappa shape index (κ2) is 6.91. The van der Waals surface area contributed by atoms with Crippen LogP contribution in [0.25, 0.3) is 0 Å². The molecule has 0 aliphatic rings. The Labute approximate surface area is 127 Å². The second-order valence-electron chi connectivity index (χ2n) is 4.64. The highest BCUT2D eigenvalue weighted by molar-refractivity contribution is 5.75. The smallest absolute Gasteiger partial charge is 0.325 e. The zero-order valence-electron chi connectivity index (χ0n) is 12.0. The molecule has 0 aromatic heterocycles. The van der Waals surface area contributed by atoms with Crippen molar-refractivity contribution < 1.29 is 23.8 Å². The Morgan fingerprint density at radius 2 is 1.91 bits per heavy atom. The molecule has 0 heterocycles. The molecule has 0 aliphatic heterocycles. The number of benzene rings is 2. The number of carboxylic acid groups (broad SMARTS) is 1. The fraction of sp³-hybridized carbons (Fsp3) is 0.188. The van der Waals surface area contributed by atoms with Crippen LogP contribution in [0.1, 0.15) is 17.2 Å². The lowest BCUT2D eigenvalue weighted by Crippen LogP contribution is -2.20. The van der Waals surface area contributed by atoms with Gasteiger partial charge in [-0.3, -0.25) is 4.79 Å². The van der Waals surface area contributed by atoms with Gasteiger partial charge in [0, 0.05) is 0 Å². The molecule has 22 heavy (non-hydrogen) atoms. The Kier molecular flexibility index (Phi) is 4.95. The molecule has 0 aliphatic carbocycles. The van der Waals surface area contributed by atoms with Crippen molar-refractivity contribution in [3.8, 4) is 11.5 Å². The summed E-state index contributed by atoms with van der Waals surface area (Å²) in [6.45, 7) is 0.237. The molecule has 2 aromatic carbocycles. The van der Waals surface area contributed by atoms with Gasteiger partial charge in [-0.05, 0) is 35.4 Å². The number of carboxylic acids is 1. The Hall–Kier alpha value is -2.60. The van der Waals surface area contributed by atoms with Crippen molar-refractivity contribution in [2.75, 3.05) is 7.11 Å². The van der Waals surface area contributed by atoms with E-state index in [1.807, 2.05) is 0 Å². The third-order valence-electron chi connectivity index (χ3n) is 3.12. The number of nitrogens with two attached hydrogens (primary N) is 1. The van der Waals surface area contributed by atoms with E-state index < -0.39 is 12.0 Å². The SMILES string of the molecule is COc1cc([C@H](N)C(=O)O)ccc1OCc1ccc(F)cc1. The first-order valence-corrected chi connectivity index (χ1v) is 6.55. The van der Waals surface area contributed by atoms with Crippen molar-refractivity contribution in [2.24, 2.45) is 5.73 Å². The van der Waals surface area contributed by atoms with Gasteiger partial charge in [0.05, 0.1) is 7.11 Å². The maximum absolute atomic E-state index is 12.8. The Bertz CT molecular complexity index is 658. The van der Waals surface area contributed by atoms with Crippen LogP contribution in [0.4, 0.5) is 4.39 Å². The highest BCUT2D eigenvalue weighted by Gasteiger charge is 2.16. The first-order chi connectivity index (χ1) is 10.5. The highest BCUT2D eigenvalue weighted by Crippen LogP contribution is 2.30. The zero-order valence-corrected chi connectivity index (χ0v) is 12.0. The monoisotopic (exact) mass is 305 g/mol. The van der Waals surface area contributed by atoms with Crippen LogP contribution in [-0.4, -0.2) is 18.2 Å². The van der Waals surface area contributed by atoms with Gasteiger partial charge in [-0.1, -0.05) is 18.2 Å². The third-order valence-corrected chi connectivity index (χ3v) is 3.12. The van der Waals surface area contributed by atoms with Gasteiger partial charge in [-0.25, -0.2) is 4.39 Å². The van der Waals surface area contributed by atoms with Crippen molar-refractivity contribution in [3.63, 3.8) is 0 Å². The van der Waals surface area contributed by atoms with E-state index in [1.54, 1.807) is 24.3 Å². The largest absolute Gasteiger partial charge is 0.493 e. The van der Waals surface area contributed by atoms with Crippen molar-refractivity contribution >= 4 is 5.97 Å². The van der Waals surface area contributed by atoms with E-state index in [4.69, 9.17) is 20.3 Å². The predicted molar refractivity (Wildman–Crippen MR) is 78.3 cm³/mol. The number of methoxy groups -OCH3 is 1. The fourth-order valence-corrected chi connectivity index (χ4v) is 1.88. The van der Waals surface area contributed by atoms with Crippen LogP contribution in [0, 0.1) is 5.82 Å². The minimum Gasteiger partial charge on any atom is -0.493 e. The molecule has 6 heteroatoms. The van der Waals surface area contributed by atoms with Crippen LogP contribution in [-0.2, 0) is 11.4 Å². The molecule has 0 saturated carbocycles. The molecule has 0 spiro atoms. The van der Waals surface area contributed by atoms with E-state index in [2.05, 4.69) is 0 Å². The molecular weight excluding hydrogens is 289 g/mol. The van der Waals surface area contributed by atoms with Crippen LogP contribution >= 0.6 is 0 Å². The van der Waals surface area contributed by atoms with E-state index in [0.29, 0.717) is 17.1 Å². The predicted octanol–water partition coefficient (Wildman–Crippen LogP) is 2.50. The zero-order chi connectivity index (χ0) is 16.1. The number of rotatable bonds is 6. The molecule has 0 amide bonds. The van der Waals surface area contributed by atoms with Gasteiger partial charge in [0.2, 0.25) is 0 Å². The first kappa shape index (κ1) is 15.8. The summed E-state index contributed by atoms with van der Waals surface area (Å²) in [5, 5.41) is 8.92. The summed E-state index contributed by atoms with van der Waals surface area (Å²) in [7, 11) is 1.45. The Balaban J connectivity index is 2.13. The first-order valence-electron chi connectivity index (χ1n) is 6.55. The van der Waals surface area contributed by atoms with E-state index in [9.17, 15) is 9.18 Å². The maximum Gasteiger partial charge on any atom is 0.325 e. The average Bonchev–Trinajstić information content (AvgIpc) is 2.53. The molecule has 2 rings (SSSR count). The quantitative estimate of drug-likeness (QED) is 0.857. The molecule has 0 unspecified atom stereocenters. The second-order valence-corrected chi connectivity index (χ2v) is 4.64. The van der Waals surface area contributed by atoms with Crippen molar-refractivity contribution in [1.29, 1.82) is 0 Å². The topological polar surface area (TPSA) is 81.8 Å². The molecule has 5 nitrogen and oxygen atoms in total. The Morgan fingerprint density at radius 3 is 2.50 bits per heavy atom. The molecule has 0 fully saturated rings. The lowest BCUT2D eigenvalue weighted by Gasteiger charge is -2.14. The molecule has 0 bridgehead atoms. The number of ether oxygens (including phenoxy) is 2. The van der Waals surface area contributed by atoms with Gasteiger partial charge < -0.3 is 20.3 Å². The van der Waals surface area contributed by atoms with Gasteiger partial charge >= 0.3 is 5.97 Å². The van der Waals surface area contributed by atoms with Gasteiger partial charge in [-0.15, -0.1) is 0 Å². The van der Waals surface area contributed by atoms with E-state index in [1.165, 1.54) is 25.3 Å². The third kappa shape index (κ3) is 3.73. The summed E-state index contributed by atoms with van der Waals surface area (Å²) in [6.07, 6.45) is 0. The molecule has 0 radical (unpaired) electrons. The number of carbonyl (C=O) groups is 1. The molecular formula is C16H16FNO4. The minimum atomic E-state index is -1.12. The highest BCUT2D eigenvalue weighted by atomic mass is 19.1. The number of hydrogen-bond acceptors (Lipinski definition) is 4. The summed E-state index contributed by atoms with van der Waals surface area (Å²) in [4.78, 5) is 10.9. The number of hydrogen-bond donors (Lipinski definition) is 2. The van der Waals surface area contributed by atoms with Crippen LogP contribution in [0.5, 0.6) is 11.5 Å². The summed E-state index contributed by atoms with van der Waals surface area (Å²) in [5.41, 5.74) is 6.78. The van der Waals surface area contributed by atoms with Crippen LogP contribution in [0.15, 0.2) is 42.5 Å². The van der Waals surface area contributed by atoms with Crippen molar-refractivity contribution in [2.45, 2.75) is 12.6 Å². The lowest BCUT2D eigenvalue weighted by atomic mass is 10.1. The fourth-order valence-electron chi connectivity index (χ4n) is 1.88. The standard InChI is InChI=1S/C16H16FNO4/c1-21-14-8-11(15(18)16(19)20)4-7-13(14)22-9-10-2-5-12(17)6-3-10/h2-8,15H,9,18H2,1H3,(H,19,20)/t15-/m0/s1. The molecule has 3 N–H and O–H groups in total. The number of halogens is 1. The van der Waals surface area contributed by atoms with Gasteiger partial charge in [-0.2, -0.15) is 0 Å². The molecule has 116 valence electrons. The van der Waals surface area contributed by atoms with Crippen LogP contribution in [0.3, 0.4) is 0 Å². The van der Waals surface area contributed by atoms with Crippen molar-refractivity contribution in [3.05, 3.63) is 59.4 Å². The van der Waals surface area contributed by atoms with Crippen molar-refractivity contribution in [1.82, 2.24) is 0 Å². The van der Waals surface area contributed by atoms with E-state index >= 15 is 0 Å². The normalized spacial score (nSPS) is 11.8.